The maximum Gasteiger partial charge on any atom is 0.407 e. The number of alkyl carbamates (subject to hydrolysis) is 1. The first-order valence-corrected chi connectivity index (χ1v) is 9.90. The second-order valence-corrected chi connectivity index (χ2v) is 7.33. The Morgan fingerprint density at radius 3 is 2.70 bits per heavy atom. The van der Waals surface area contributed by atoms with Crippen molar-refractivity contribution in [1.29, 1.82) is 0 Å². The zero-order valence-corrected chi connectivity index (χ0v) is 16.5. The molecule has 1 atom stereocenters. The molecule has 1 aromatic carbocycles. The van der Waals surface area contributed by atoms with E-state index in [1.54, 1.807) is 6.20 Å². The van der Waals surface area contributed by atoms with Crippen LogP contribution in [0.2, 0.25) is 0 Å². The van der Waals surface area contributed by atoms with E-state index in [9.17, 15) is 9.59 Å². The third-order valence-corrected chi connectivity index (χ3v) is 5.24. The number of hydrogen-bond acceptors (Lipinski definition) is 6. The number of amides is 2. The Hall–Kier alpha value is -3.49. The van der Waals surface area contributed by atoms with Crippen LogP contribution in [-0.4, -0.2) is 66.0 Å². The Labute approximate surface area is 174 Å². The second kappa shape index (κ2) is 8.89. The van der Waals surface area contributed by atoms with Gasteiger partial charge in [-0.3, -0.25) is 0 Å². The van der Waals surface area contributed by atoms with E-state index in [4.69, 9.17) is 14.6 Å². The quantitative estimate of drug-likeness (QED) is 0.793. The number of carbonyl (C=O) groups is 2. The van der Waals surface area contributed by atoms with Crippen molar-refractivity contribution in [3.8, 4) is 5.75 Å². The van der Waals surface area contributed by atoms with Crippen molar-refractivity contribution in [2.45, 2.75) is 19.1 Å². The van der Waals surface area contributed by atoms with E-state index in [0.717, 1.165) is 22.7 Å². The van der Waals surface area contributed by atoms with Crippen molar-refractivity contribution >= 4 is 18.0 Å². The predicted molar refractivity (Wildman–Crippen MR) is 109 cm³/mol. The minimum absolute atomic E-state index is 0.187. The largest absolute Gasteiger partial charge is 0.491 e. The lowest BCUT2D eigenvalue weighted by atomic mass is 10.0. The summed E-state index contributed by atoms with van der Waals surface area (Å²) in [6.45, 7) is 2.66. The van der Waals surface area contributed by atoms with Gasteiger partial charge in [0.25, 0.3) is 0 Å². The Morgan fingerprint density at radius 1 is 1.20 bits per heavy atom. The lowest BCUT2D eigenvalue weighted by Crippen LogP contribution is -2.48. The van der Waals surface area contributed by atoms with Gasteiger partial charge in [0.1, 0.15) is 24.8 Å². The number of piperazine rings is 1. The third-order valence-electron chi connectivity index (χ3n) is 5.24. The number of hydrogen-bond donors (Lipinski definition) is 2. The van der Waals surface area contributed by atoms with E-state index in [1.807, 2.05) is 41.3 Å². The van der Waals surface area contributed by atoms with Gasteiger partial charge in [0.15, 0.2) is 0 Å². The van der Waals surface area contributed by atoms with Gasteiger partial charge in [0.2, 0.25) is 0 Å². The van der Waals surface area contributed by atoms with Gasteiger partial charge in [-0.05, 0) is 5.56 Å². The summed E-state index contributed by atoms with van der Waals surface area (Å²) in [5.74, 6) is 1.52. The minimum atomic E-state index is -0.891. The molecule has 0 saturated carbocycles. The first-order valence-electron chi connectivity index (χ1n) is 9.90. The SMILES string of the molecule is O=C(N[C@@H]1COc2cc(N3CCN(C(=O)O)CC3)ncc2C1)OCc1ccccc1. The predicted octanol–water partition coefficient (Wildman–Crippen LogP) is 2.11. The van der Waals surface area contributed by atoms with Crippen LogP contribution in [0.15, 0.2) is 42.6 Å². The molecule has 4 rings (SSSR count). The monoisotopic (exact) mass is 412 g/mol. The number of anilines is 1. The van der Waals surface area contributed by atoms with E-state index in [2.05, 4.69) is 10.3 Å². The maximum absolute atomic E-state index is 12.1. The Kier molecular flexibility index (Phi) is 5.87. The number of benzene rings is 1. The summed E-state index contributed by atoms with van der Waals surface area (Å²) in [6.07, 6.45) is 1.00. The molecule has 2 aliphatic rings. The minimum Gasteiger partial charge on any atom is -0.491 e. The number of nitrogens with one attached hydrogen (secondary N) is 1. The molecule has 0 unspecified atom stereocenters. The average Bonchev–Trinajstić information content (AvgIpc) is 2.78. The zero-order chi connectivity index (χ0) is 20.9. The number of pyridine rings is 1. The number of rotatable bonds is 4. The van der Waals surface area contributed by atoms with Crippen LogP contribution in [0.4, 0.5) is 15.4 Å². The van der Waals surface area contributed by atoms with Crippen LogP contribution < -0.4 is 15.0 Å². The van der Waals surface area contributed by atoms with Crippen molar-refractivity contribution in [2.24, 2.45) is 0 Å². The summed E-state index contributed by atoms with van der Waals surface area (Å²) in [4.78, 5) is 31.1. The molecule has 2 aromatic rings. The van der Waals surface area contributed by atoms with Crippen LogP contribution in [0.5, 0.6) is 5.75 Å². The van der Waals surface area contributed by atoms with Gasteiger partial charge in [-0.25, -0.2) is 14.6 Å². The topological polar surface area (TPSA) is 104 Å². The summed E-state index contributed by atoms with van der Waals surface area (Å²) >= 11 is 0. The summed E-state index contributed by atoms with van der Waals surface area (Å²) in [7, 11) is 0. The highest BCUT2D eigenvalue weighted by Gasteiger charge is 2.25. The second-order valence-electron chi connectivity index (χ2n) is 7.33. The van der Waals surface area contributed by atoms with Crippen molar-refractivity contribution in [1.82, 2.24) is 15.2 Å². The highest BCUT2D eigenvalue weighted by atomic mass is 16.5. The number of ether oxygens (including phenoxy) is 2. The van der Waals surface area contributed by atoms with E-state index >= 15 is 0 Å². The molecule has 0 bridgehead atoms. The van der Waals surface area contributed by atoms with Crippen LogP contribution in [0.1, 0.15) is 11.1 Å². The van der Waals surface area contributed by atoms with Crippen molar-refractivity contribution < 1.29 is 24.2 Å². The Balaban J connectivity index is 1.29. The molecule has 1 aromatic heterocycles. The molecule has 2 amide bonds. The molecular weight excluding hydrogens is 388 g/mol. The molecule has 2 N–H and O–H groups in total. The van der Waals surface area contributed by atoms with Crippen molar-refractivity contribution in [2.75, 3.05) is 37.7 Å². The molecule has 3 heterocycles. The van der Waals surface area contributed by atoms with Crippen LogP contribution in [0.3, 0.4) is 0 Å². The summed E-state index contributed by atoms with van der Waals surface area (Å²) < 4.78 is 11.1. The Morgan fingerprint density at radius 2 is 1.97 bits per heavy atom. The van der Waals surface area contributed by atoms with Crippen molar-refractivity contribution in [3.63, 3.8) is 0 Å². The fourth-order valence-electron chi connectivity index (χ4n) is 3.58. The van der Waals surface area contributed by atoms with Gasteiger partial charge in [0, 0.05) is 50.4 Å². The smallest absolute Gasteiger partial charge is 0.407 e. The fourth-order valence-corrected chi connectivity index (χ4v) is 3.58. The molecule has 0 radical (unpaired) electrons. The molecule has 0 aliphatic carbocycles. The van der Waals surface area contributed by atoms with E-state index in [-0.39, 0.29) is 12.6 Å². The van der Waals surface area contributed by atoms with Crippen LogP contribution in [0.25, 0.3) is 0 Å². The first-order chi connectivity index (χ1) is 14.6. The number of aromatic nitrogens is 1. The van der Waals surface area contributed by atoms with Crippen LogP contribution >= 0.6 is 0 Å². The van der Waals surface area contributed by atoms with Gasteiger partial charge in [-0.15, -0.1) is 0 Å². The molecule has 0 spiro atoms. The lowest BCUT2D eigenvalue weighted by Gasteiger charge is -2.34. The summed E-state index contributed by atoms with van der Waals surface area (Å²) in [5, 5.41) is 11.9. The number of carbonyl (C=O) groups excluding carboxylic acids is 1. The van der Waals surface area contributed by atoms with Crippen LogP contribution in [0, 0.1) is 0 Å². The zero-order valence-electron chi connectivity index (χ0n) is 16.5. The van der Waals surface area contributed by atoms with Crippen LogP contribution in [-0.2, 0) is 17.8 Å². The molecule has 2 aliphatic heterocycles. The first kappa shape index (κ1) is 19.8. The van der Waals surface area contributed by atoms with Gasteiger partial charge in [0.05, 0.1) is 6.04 Å². The van der Waals surface area contributed by atoms with Gasteiger partial charge in [-0.2, -0.15) is 0 Å². The molecule has 1 saturated heterocycles. The number of carboxylic acid groups (broad SMARTS) is 1. The van der Waals surface area contributed by atoms with E-state index < -0.39 is 12.2 Å². The van der Waals surface area contributed by atoms with Gasteiger partial charge < -0.3 is 29.7 Å². The number of nitrogens with zero attached hydrogens (tertiary/aromatic N) is 3. The van der Waals surface area contributed by atoms with Gasteiger partial charge >= 0.3 is 12.2 Å². The fraction of sp³-hybridized carbons (Fsp3) is 0.381. The average molecular weight is 412 g/mol. The standard InChI is InChI=1S/C21H24N4O5/c26-20(30-13-15-4-2-1-3-5-15)23-17-10-16-12-22-19(11-18(16)29-14-17)24-6-8-25(9-7-24)21(27)28/h1-5,11-12,17H,6-10,13-14H2,(H,23,26)(H,27,28)/t17-/m0/s1. The van der Waals surface area contributed by atoms with E-state index in [1.165, 1.54) is 4.90 Å². The molecular formula is C21H24N4O5. The molecule has 9 nitrogen and oxygen atoms in total. The van der Waals surface area contributed by atoms with Crippen molar-refractivity contribution in [3.05, 3.63) is 53.7 Å². The van der Waals surface area contributed by atoms with Gasteiger partial charge in [-0.1, -0.05) is 30.3 Å². The maximum atomic E-state index is 12.1. The summed E-state index contributed by atoms with van der Waals surface area (Å²) in [6, 6.07) is 11.2. The Bertz CT molecular complexity index is 900. The molecule has 1 fully saturated rings. The highest BCUT2D eigenvalue weighted by Crippen LogP contribution is 2.28. The molecule has 158 valence electrons. The summed E-state index contributed by atoms with van der Waals surface area (Å²) in [5.41, 5.74) is 1.85. The van der Waals surface area contributed by atoms with E-state index in [0.29, 0.717) is 39.2 Å². The lowest BCUT2D eigenvalue weighted by molar-refractivity contribution is 0.128. The third kappa shape index (κ3) is 4.73. The molecule has 9 heteroatoms. The highest BCUT2D eigenvalue weighted by molar-refractivity contribution is 5.68. The number of fused-ring (bicyclic) bond motifs is 1. The normalized spacial score (nSPS) is 18.2. The molecule has 30 heavy (non-hydrogen) atoms.